The van der Waals surface area contributed by atoms with E-state index in [1.807, 2.05) is 25.3 Å². The number of hydrogen-bond acceptors (Lipinski definition) is 4. The van der Waals surface area contributed by atoms with Gasteiger partial charge in [-0.25, -0.2) is 4.98 Å². The summed E-state index contributed by atoms with van der Waals surface area (Å²) >= 11 is 1.72. The number of pyridine rings is 1. The largest absolute Gasteiger partial charge is 0.455 e. The molecular weight excluding hydrogens is 352 g/mol. The number of hydrogen-bond donors (Lipinski definition) is 0. The van der Waals surface area contributed by atoms with E-state index in [2.05, 4.69) is 61.1 Å². The van der Waals surface area contributed by atoms with Crippen molar-refractivity contribution >= 4 is 43.5 Å². The normalized spacial score (nSPS) is 12.4. The van der Waals surface area contributed by atoms with Gasteiger partial charge in [0.25, 0.3) is 0 Å². The summed E-state index contributed by atoms with van der Waals surface area (Å²) < 4.78 is 7.51. The summed E-state index contributed by atoms with van der Waals surface area (Å²) in [6.07, 6.45) is 1.89. The average molecular weight is 372 g/mol. The van der Waals surface area contributed by atoms with Gasteiger partial charge in [0.1, 0.15) is 11.2 Å². The summed E-state index contributed by atoms with van der Waals surface area (Å²) in [5.41, 5.74) is 6.15. The predicted octanol–water partition coefficient (Wildman–Crippen LogP) is 6.86. The molecule has 0 aliphatic rings. The van der Waals surface area contributed by atoms with Crippen LogP contribution < -0.4 is 0 Å². The minimum atomic E-state index is 0.0752. The summed E-state index contributed by atoms with van der Waals surface area (Å²) in [7, 11) is 0. The number of benzene rings is 2. The van der Waals surface area contributed by atoms with Gasteiger partial charge >= 0.3 is 0 Å². The molecule has 4 heteroatoms. The molecule has 0 saturated heterocycles. The second-order valence-corrected chi connectivity index (χ2v) is 9.19. The van der Waals surface area contributed by atoms with Gasteiger partial charge in [-0.2, -0.15) is 0 Å². The molecular formula is C23H20N2OS. The first-order valence-corrected chi connectivity index (χ1v) is 9.92. The molecule has 0 spiro atoms. The van der Waals surface area contributed by atoms with E-state index in [9.17, 15) is 0 Å². The first kappa shape index (κ1) is 16.5. The van der Waals surface area contributed by atoms with Gasteiger partial charge in [-0.05, 0) is 48.2 Å². The fraction of sp³-hybridized carbons (Fsp3) is 0.217. The van der Waals surface area contributed by atoms with Crippen LogP contribution in [-0.4, -0.2) is 9.97 Å². The van der Waals surface area contributed by atoms with E-state index in [1.54, 1.807) is 11.3 Å². The van der Waals surface area contributed by atoms with Gasteiger partial charge in [0.2, 0.25) is 0 Å². The second-order valence-electron chi connectivity index (χ2n) is 7.98. The van der Waals surface area contributed by atoms with Crippen molar-refractivity contribution in [3.63, 3.8) is 0 Å². The number of fused-ring (bicyclic) bond motifs is 5. The molecule has 0 atom stereocenters. The number of aromatic nitrogens is 2. The van der Waals surface area contributed by atoms with Gasteiger partial charge in [-0.15, -0.1) is 11.3 Å². The monoisotopic (exact) mass is 372 g/mol. The Kier molecular flexibility index (Phi) is 3.43. The molecule has 0 saturated carbocycles. The molecule has 0 fully saturated rings. The van der Waals surface area contributed by atoms with Crippen LogP contribution in [0.4, 0.5) is 0 Å². The van der Waals surface area contributed by atoms with Crippen LogP contribution in [0.25, 0.3) is 43.4 Å². The van der Waals surface area contributed by atoms with Crippen LogP contribution >= 0.6 is 11.3 Å². The zero-order chi connectivity index (χ0) is 18.8. The Hall–Kier alpha value is -2.72. The Bertz CT molecular complexity index is 1320. The highest BCUT2D eigenvalue weighted by molar-refractivity contribution is 7.19. The Morgan fingerprint density at radius 2 is 1.89 bits per heavy atom. The van der Waals surface area contributed by atoms with Crippen molar-refractivity contribution in [2.75, 3.05) is 0 Å². The maximum Gasteiger partial charge on any atom is 0.144 e. The van der Waals surface area contributed by atoms with Gasteiger partial charge in [-0.3, -0.25) is 4.98 Å². The molecule has 134 valence electrons. The van der Waals surface area contributed by atoms with Crippen molar-refractivity contribution < 1.29 is 4.42 Å². The third-order valence-electron chi connectivity index (χ3n) is 5.02. The number of nitrogens with zero attached hydrogens (tertiary/aromatic N) is 2. The number of furan rings is 1. The van der Waals surface area contributed by atoms with Crippen LogP contribution in [-0.2, 0) is 5.41 Å². The molecule has 0 N–H and O–H groups in total. The summed E-state index contributed by atoms with van der Waals surface area (Å²) in [5, 5.41) is 3.35. The topological polar surface area (TPSA) is 38.9 Å². The fourth-order valence-corrected chi connectivity index (χ4v) is 4.60. The van der Waals surface area contributed by atoms with Crippen LogP contribution in [0.5, 0.6) is 0 Å². The van der Waals surface area contributed by atoms with Gasteiger partial charge < -0.3 is 4.42 Å². The lowest BCUT2D eigenvalue weighted by atomic mass is 9.87. The molecule has 3 aromatic heterocycles. The highest BCUT2D eigenvalue weighted by atomic mass is 32.1. The summed E-state index contributed by atoms with van der Waals surface area (Å²) in [5.74, 6) is 0. The average Bonchev–Trinajstić information content (AvgIpc) is 3.19. The molecule has 0 aliphatic carbocycles. The molecule has 0 unspecified atom stereocenters. The molecule has 0 radical (unpaired) electrons. The number of rotatable bonds is 1. The number of aryl methyl sites for hydroxylation is 1. The van der Waals surface area contributed by atoms with Gasteiger partial charge in [0.05, 0.1) is 20.9 Å². The van der Waals surface area contributed by atoms with E-state index in [0.29, 0.717) is 0 Å². The zero-order valence-electron chi connectivity index (χ0n) is 15.8. The Morgan fingerprint density at radius 3 is 2.70 bits per heavy atom. The van der Waals surface area contributed by atoms with Crippen molar-refractivity contribution in [2.24, 2.45) is 0 Å². The maximum absolute atomic E-state index is 6.32. The van der Waals surface area contributed by atoms with Crippen molar-refractivity contribution in [2.45, 2.75) is 33.1 Å². The highest BCUT2D eigenvalue weighted by Crippen LogP contribution is 2.40. The second kappa shape index (κ2) is 5.64. The molecule has 5 rings (SSSR count). The number of para-hydroxylation sites is 1. The van der Waals surface area contributed by atoms with Crippen molar-refractivity contribution in [3.05, 3.63) is 59.2 Å². The van der Waals surface area contributed by atoms with Crippen molar-refractivity contribution in [3.8, 4) is 11.3 Å². The van der Waals surface area contributed by atoms with Gasteiger partial charge in [-0.1, -0.05) is 32.9 Å². The summed E-state index contributed by atoms with van der Waals surface area (Å²) in [6, 6.07) is 14.6. The van der Waals surface area contributed by atoms with Crippen LogP contribution in [0.15, 0.2) is 53.1 Å². The van der Waals surface area contributed by atoms with Crippen molar-refractivity contribution in [1.29, 1.82) is 0 Å². The lowest BCUT2D eigenvalue weighted by molar-refractivity contribution is 0.589. The quantitative estimate of drug-likeness (QED) is 0.322. The molecule has 0 bridgehead atoms. The maximum atomic E-state index is 6.32. The smallest absolute Gasteiger partial charge is 0.144 e. The van der Waals surface area contributed by atoms with E-state index in [4.69, 9.17) is 4.42 Å². The zero-order valence-corrected chi connectivity index (χ0v) is 16.6. The van der Waals surface area contributed by atoms with Crippen molar-refractivity contribution in [1.82, 2.24) is 9.97 Å². The molecule has 5 aromatic rings. The van der Waals surface area contributed by atoms with Crippen LogP contribution in [0.1, 0.15) is 31.3 Å². The van der Waals surface area contributed by atoms with E-state index in [-0.39, 0.29) is 5.41 Å². The lowest BCUT2D eigenvalue weighted by Crippen LogP contribution is -2.11. The fourth-order valence-electron chi connectivity index (χ4n) is 3.63. The Morgan fingerprint density at radius 1 is 1.04 bits per heavy atom. The molecule has 0 aliphatic heterocycles. The standard InChI is InChI=1S/C23H20N2OS/c1-13-25-17-8-9-19-20(22(17)27-13)16-7-5-6-15(21(16)26-19)18-12-14(10-11-24-18)23(2,3)4/h5-12H,1-4H3. The highest BCUT2D eigenvalue weighted by Gasteiger charge is 2.19. The van der Waals surface area contributed by atoms with Gasteiger partial charge in [0, 0.05) is 22.5 Å². The molecule has 3 nitrogen and oxygen atoms in total. The summed E-state index contributed by atoms with van der Waals surface area (Å²) in [4.78, 5) is 9.27. The molecule has 0 amide bonds. The molecule has 2 aromatic carbocycles. The Labute approximate surface area is 161 Å². The minimum absolute atomic E-state index is 0.0752. The van der Waals surface area contributed by atoms with Crippen LogP contribution in [0.3, 0.4) is 0 Å². The van der Waals surface area contributed by atoms with E-state index in [1.165, 1.54) is 10.3 Å². The van der Waals surface area contributed by atoms with Gasteiger partial charge in [0.15, 0.2) is 0 Å². The SMILES string of the molecule is Cc1nc2ccc3oc4c(-c5cc(C(C)(C)C)ccn5)cccc4c3c2s1. The predicted molar refractivity (Wildman–Crippen MR) is 114 cm³/mol. The van der Waals surface area contributed by atoms with E-state index in [0.717, 1.165) is 43.7 Å². The number of thiazole rings is 1. The third kappa shape index (κ3) is 2.55. The first-order chi connectivity index (χ1) is 12.9. The lowest BCUT2D eigenvalue weighted by Gasteiger charge is -2.19. The summed E-state index contributed by atoms with van der Waals surface area (Å²) in [6.45, 7) is 8.70. The van der Waals surface area contributed by atoms with Crippen LogP contribution in [0.2, 0.25) is 0 Å². The van der Waals surface area contributed by atoms with Crippen LogP contribution in [0, 0.1) is 6.92 Å². The minimum Gasteiger partial charge on any atom is -0.455 e. The van der Waals surface area contributed by atoms with E-state index >= 15 is 0 Å². The molecule has 3 heterocycles. The Balaban J connectivity index is 1.83. The van der Waals surface area contributed by atoms with E-state index < -0.39 is 0 Å². The third-order valence-corrected chi connectivity index (χ3v) is 6.03. The first-order valence-electron chi connectivity index (χ1n) is 9.10. The molecule has 27 heavy (non-hydrogen) atoms.